The summed E-state index contributed by atoms with van der Waals surface area (Å²) < 4.78 is 14.6. The van der Waals surface area contributed by atoms with E-state index in [2.05, 4.69) is 10.4 Å². The van der Waals surface area contributed by atoms with Crippen LogP contribution >= 0.6 is 0 Å². The van der Waals surface area contributed by atoms with Gasteiger partial charge in [-0.25, -0.2) is 4.39 Å². The van der Waals surface area contributed by atoms with Gasteiger partial charge in [0.1, 0.15) is 18.2 Å². The van der Waals surface area contributed by atoms with Gasteiger partial charge in [-0.15, -0.1) is 0 Å². The molecule has 0 spiro atoms. The van der Waals surface area contributed by atoms with Gasteiger partial charge in [0.2, 0.25) is 5.91 Å². The molecular formula is C11H11FN4O. The lowest BCUT2D eigenvalue weighted by molar-refractivity contribution is -0.116. The number of carbonyl (C=O) groups excluding carboxylic acids is 1. The van der Waals surface area contributed by atoms with Crippen LogP contribution in [0.5, 0.6) is 0 Å². The molecule has 2 aromatic rings. The van der Waals surface area contributed by atoms with Crippen molar-refractivity contribution in [3.63, 3.8) is 0 Å². The number of nitrogen functional groups attached to an aromatic ring is 1. The third kappa shape index (κ3) is 2.81. The molecular weight excluding hydrogens is 223 g/mol. The quantitative estimate of drug-likeness (QED) is 0.839. The first-order chi connectivity index (χ1) is 8.15. The summed E-state index contributed by atoms with van der Waals surface area (Å²) >= 11 is 0. The zero-order valence-electron chi connectivity index (χ0n) is 8.93. The van der Waals surface area contributed by atoms with Gasteiger partial charge in [0.05, 0.1) is 5.69 Å². The lowest BCUT2D eigenvalue weighted by Gasteiger charge is -2.05. The summed E-state index contributed by atoms with van der Waals surface area (Å²) in [6.45, 7) is -0.00840. The molecule has 0 saturated heterocycles. The van der Waals surface area contributed by atoms with E-state index in [1.807, 2.05) is 0 Å². The molecule has 0 aliphatic carbocycles. The molecule has 0 aliphatic heterocycles. The van der Waals surface area contributed by atoms with Gasteiger partial charge < -0.3 is 11.1 Å². The maximum Gasteiger partial charge on any atom is 0.246 e. The Balaban J connectivity index is 2.01. The molecule has 0 aliphatic rings. The zero-order chi connectivity index (χ0) is 12.3. The van der Waals surface area contributed by atoms with Crippen LogP contribution < -0.4 is 11.1 Å². The van der Waals surface area contributed by atoms with Crippen molar-refractivity contribution in [2.75, 3.05) is 11.1 Å². The van der Waals surface area contributed by atoms with Crippen molar-refractivity contribution >= 4 is 17.4 Å². The molecule has 1 heterocycles. The first-order valence-corrected chi connectivity index (χ1v) is 4.98. The van der Waals surface area contributed by atoms with E-state index in [4.69, 9.17) is 5.73 Å². The fraction of sp³-hybridized carbons (Fsp3) is 0.0909. The van der Waals surface area contributed by atoms with Crippen LogP contribution in [-0.4, -0.2) is 15.7 Å². The van der Waals surface area contributed by atoms with E-state index in [-0.39, 0.29) is 18.1 Å². The molecule has 1 aromatic heterocycles. The number of rotatable bonds is 3. The highest BCUT2D eigenvalue weighted by Crippen LogP contribution is 2.12. The number of hydrogen-bond donors (Lipinski definition) is 2. The zero-order valence-corrected chi connectivity index (χ0v) is 8.93. The summed E-state index contributed by atoms with van der Waals surface area (Å²) in [5.74, 6) is -0.497. The van der Waals surface area contributed by atoms with Crippen LogP contribution in [0.2, 0.25) is 0 Å². The molecule has 1 amide bonds. The monoisotopic (exact) mass is 234 g/mol. The SMILES string of the molecule is Nc1ccn(CC(=O)Nc2ccccc2F)n1. The van der Waals surface area contributed by atoms with Gasteiger partial charge in [0, 0.05) is 6.20 Å². The van der Waals surface area contributed by atoms with Crippen molar-refractivity contribution in [3.8, 4) is 0 Å². The van der Waals surface area contributed by atoms with Gasteiger partial charge in [0.25, 0.3) is 0 Å². The average Bonchev–Trinajstić information content (AvgIpc) is 2.67. The van der Waals surface area contributed by atoms with Crippen molar-refractivity contribution in [2.24, 2.45) is 0 Å². The lowest BCUT2D eigenvalue weighted by atomic mass is 10.3. The third-order valence-corrected chi connectivity index (χ3v) is 2.11. The van der Waals surface area contributed by atoms with E-state index >= 15 is 0 Å². The van der Waals surface area contributed by atoms with Crippen molar-refractivity contribution in [1.29, 1.82) is 0 Å². The molecule has 88 valence electrons. The number of anilines is 2. The maximum atomic E-state index is 13.2. The molecule has 6 heteroatoms. The molecule has 0 radical (unpaired) electrons. The van der Waals surface area contributed by atoms with Crippen molar-refractivity contribution in [2.45, 2.75) is 6.54 Å². The first kappa shape index (κ1) is 11.1. The first-order valence-electron chi connectivity index (χ1n) is 4.98. The fourth-order valence-electron chi connectivity index (χ4n) is 1.36. The number of aromatic nitrogens is 2. The Bertz CT molecular complexity index is 538. The standard InChI is InChI=1S/C11H11FN4O/c12-8-3-1-2-4-9(8)14-11(17)7-16-6-5-10(13)15-16/h1-6H,7H2,(H2,13,15)(H,14,17). The predicted molar refractivity (Wildman–Crippen MR) is 61.7 cm³/mol. The van der Waals surface area contributed by atoms with Crippen LogP contribution in [0.15, 0.2) is 36.5 Å². The Morgan fingerprint density at radius 2 is 2.18 bits per heavy atom. The molecule has 0 atom stereocenters. The fourth-order valence-corrected chi connectivity index (χ4v) is 1.36. The Labute approximate surface area is 97.0 Å². The summed E-state index contributed by atoms with van der Waals surface area (Å²) in [5, 5.41) is 6.31. The van der Waals surface area contributed by atoms with Crippen LogP contribution in [0.25, 0.3) is 0 Å². The van der Waals surface area contributed by atoms with Crippen molar-refractivity contribution < 1.29 is 9.18 Å². The number of benzene rings is 1. The second kappa shape index (κ2) is 4.65. The second-order valence-corrected chi connectivity index (χ2v) is 3.47. The number of nitrogens with two attached hydrogens (primary N) is 1. The molecule has 2 rings (SSSR count). The van der Waals surface area contributed by atoms with Crippen LogP contribution in [0.1, 0.15) is 0 Å². The number of hydrogen-bond acceptors (Lipinski definition) is 3. The molecule has 0 saturated carbocycles. The highest BCUT2D eigenvalue weighted by atomic mass is 19.1. The van der Waals surface area contributed by atoms with E-state index in [9.17, 15) is 9.18 Å². The molecule has 1 aromatic carbocycles. The largest absolute Gasteiger partial charge is 0.382 e. The van der Waals surface area contributed by atoms with Gasteiger partial charge in [0.15, 0.2) is 0 Å². The normalized spacial score (nSPS) is 10.2. The van der Waals surface area contributed by atoms with E-state index in [1.165, 1.54) is 16.8 Å². The van der Waals surface area contributed by atoms with Gasteiger partial charge >= 0.3 is 0 Å². The smallest absolute Gasteiger partial charge is 0.246 e. The third-order valence-electron chi connectivity index (χ3n) is 2.11. The van der Waals surface area contributed by atoms with E-state index in [1.54, 1.807) is 24.4 Å². The average molecular weight is 234 g/mol. The number of halogens is 1. The van der Waals surface area contributed by atoms with Gasteiger partial charge in [-0.1, -0.05) is 12.1 Å². The molecule has 0 fully saturated rings. The number of nitrogens with one attached hydrogen (secondary N) is 1. The maximum absolute atomic E-state index is 13.2. The molecule has 0 unspecified atom stereocenters. The molecule has 5 nitrogen and oxygen atoms in total. The van der Waals surface area contributed by atoms with E-state index < -0.39 is 5.82 Å². The molecule has 0 bridgehead atoms. The lowest BCUT2D eigenvalue weighted by Crippen LogP contribution is -2.19. The Morgan fingerprint density at radius 1 is 1.41 bits per heavy atom. The number of amides is 1. The van der Waals surface area contributed by atoms with Gasteiger partial charge in [-0.3, -0.25) is 9.48 Å². The predicted octanol–water partition coefficient (Wildman–Crippen LogP) is 1.24. The minimum Gasteiger partial charge on any atom is -0.382 e. The van der Waals surface area contributed by atoms with Crippen LogP contribution in [0.4, 0.5) is 15.9 Å². The summed E-state index contributed by atoms with van der Waals surface area (Å²) in [6.07, 6.45) is 1.58. The van der Waals surface area contributed by atoms with E-state index in [0.717, 1.165) is 0 Å². The summed E-state index contributed by atoms with van der Waals surface area (Å²) in [7, 11) is 0. The van der Waals surface area contributed by atoms with Crippen LogP contribution in [0.3, 0.4) is 0 Å². The van der Waals surface area contributed by atoms with Gasteiger partial charge in [-0.05, 0) is 18.2 Å². The number of nitrogens with zero attached hydrogens (tertiary/aromatic N) is 2. The Hall–Kier alpha value is -2.37. The minimum absolute atomic E-state index is 0.00840. The second-order valence-electron chi connectivity index (χ2n) is 3.47. The Kier molecular flexibility index (Phi) is 3.04. The molecule has 3 N–H and O–H groups in total. The minimum atomic E-state index is -0.471. The van der Waals surface area contributed by atoms with Crippen LogP contribution in [0, 0.1) is 5.82 Å². The summed E-state index contributed by atoms with van der Waals surface area (Å²) in [4.78, 5) is 11.6. The number of para-hydroxylation sites is 1. The highest BCUT2D eigenvalue weighted by Gasteiger charge is 2.07. The summed E-state index contributed by atoms with van der Waals surface area (Å²) in [6, 6.07) is 7.55. The topological polar surface area (TPSA) is 72.9 Å². The van der Waals surface area contributed by atoms with Gasteiger partial charge in [-0.2, -0.15) is 5.10 Å². The van der Waals surface area contributed by atoms with Crippen LogP contribution in [-0.2, 0) is 11.3 Å². The number of carbonyl (C=O) groups is 1. The van der Waals surface area contributed by atoms with Crippen molar-refractivity contribution in [1.82, 2.24) is 9.78 Å². The summed E-state index contributed by atoms with van der Waals surface area (Å²) in [5.41, 5.74) is 5.56. The Morgan fingerprint density at radius 3 is 2.82 bits per heavy atom. The molecule has 17 heavy (non-hydrogen) atoms. The highest BCUT2D eigenvalue weighted by molar-refractivity contribution is 5.90. The van der Waals surface area contributed by atoms with Crippen molar-refractivity contribution in [3.05, 3.63) is 42.3 Å². The van der Waals surface area contributed by atoms with E-state index in [0.29, 0.717) is 5.82 Å².